The maximum absolute atomic E-state index is 12.5. The minimum absolute atomic E-state index is 0.0215. The van der Waals surface area contributed by atoms with Crippen molar-refractivity contribution >= 4 is 11.9 Å². The Kier molecular flexibility index (Phi) is 70.4. The predicted molar refractivity (Wildman–Crippen MR) is 361 cm³/mol. The Morgan fingerprint density at radius 1 is 0.329 bits per heavy atom. The van der Waals surface area contributed by atoms with Gasteiger partial charge in [-0.1, -0.05) is 378 Å². The van der Waals surface area contributed by atoms with Crippen LogP contribution < -0.4 is 5.32 Å². The van der Waals surface area contributed by atoms with Crippen LogP contribution in [0, 0.1) is 0 Å². The average Bonchev–Trinajstić information content (AvgIpc) is 3.48. The van der Waals surface area contributed by atoms with Crippen LogP contribution >= 0.6 is 0 Å². The first kappa shape index (κ1) is 80.3. The van der Waals surface area contributed by atoms with Crippen molar-refractivity contribution in [3.8, 4) is 0 Å². The highest BCUT2D eigenvalue weighted by atomic mass is 16.5. The van der Waals surface area contributed by atoms with E-state index in [4.69, 9.17) is 4.74 Å². The number of aliphatic hydroxyl groups excluding tert-OH is 2. The molecule has 0 aromatic rings. The molecule has 486 valence electrons. The smallest absolute Gasteiger partial charge is 0.305 e. The molecule has 0 aliphatic rings. The number of rotatable bonds is 71. The zero-order valence-electron chi connectivity index (χ0n) is 55.8. The third-order valence-corrected chi connectivity index (χ3v) is 17.7. The lowest BCUT2D eigenvalue weighted by Crippen LogP contribution is -2.45. The van der Waals surface area contributed by atoms with Crippen molar-refractivity contribution in [2.45, 2.75) is 437 Å². The Hall–Kier alpha value is -1.66. The first-order valence-electron chi connectivity index (χ1n) is 37.6. The number of aliphatic hydroxyl groups is 2. The van der Waals surface area contributed by atoms with Crippen molar-refractivity contribution in [2.75, 3.05) is 13.2 Å². The Morgan fingerprint density at radius 3 is 0.866 bits per heavy atom. The van der Waals surface area contributed by atoms with Crippen molar-refractivity contribution in [2.24, 2.45) is 0 Å². The SMILES string of the molecule is CCCCCCCCCCCCCCCCCC/C=C/C(O)C(CO)NC(=O)CCCCCCCCCCCCCCC/C=C\CCCCCCCCCCCCCCOC(=O)CCCCCCCCCCCCCCCCCCCC. The largest absolute Gasteiger partial charge is 0.466 e. The van der Waals surface area contributed by atoms with E-state index in [2.05, 4.69) is 31.3 Å². The second kappa shape index (κ2) is 71.8. The van der Waals surface area contributed by atoms with Gasteiger partial charge in [-0.3, -0.25) is 9.59 Å². The third kappa shape index (κ3) is 67.5. The lowest BCUT2D eigenvalue weighted by molar-refractivity contribution is -0.143. The maximum atomic E-state index is 12.5. The first-order valence-corrected chi connectivity index (χ1v) is 37.6. The van der Waals surface area contributed by atoms with Crippen molar-refractivity contribution < 1.29 is 24.5 Å². The third-order valence-electron chi connectivity index (χ3n) is 17.7. The van der Waals surface area contributed by atoms with Crippen LogP contribution in [-0.4, -0.2) is 47.4 Å². The molecule has 0 bridgehead atoms. The van der Waals surface area contributed by atoms with E-state index >= 15 is 0 Å². The average molecular weight is 1160 g/mol. The molecule has 3 N–H and O–H groups in total. The van der Waals surface area contributed by atoms with Crippen LogP contribution in [0.4, 0.5) is 0 Å². The number of esters is 1. The van der Waals surface area contributed by atoms with Gasteiger partial charge in [0.15, 0.2) is 0 Å². The summed E-state index contributed by atoms with van der Waals surface area (Å²) < 4.78 is 5.51. The van der Waals surface area contributed by atoms with Gasteiger partial charge in [-0.25, -0.2) is 0 Å². The van der Waals surface area contributed by atoms with Gasteiger partial charge in [0.1, 0.15) is 0 Å². The van der Waals surface area contributed by atoms with Crippen molar-refractivity contribution in [1.29, 1.82) is 0 Å². The molecule has 0 fully saturated rings. The summed E-state index contributed by atoms with van der Waals surface area (Å²) in [5, 5.41) is 23.2. The molecule has 6 heteroatoms. The van der Waals surface area contributed by atoms with E-state index in [1.807, 2.05) is 6.08 Å². The fraction of sp³-hybridized carbons (Fsp3) is 0.921. The summed E-state index contributed by atoms with van der Waals surface area (Å²) in [7, 11) is 0. The Balaban J connectivity index is 3.37. The van der Waals surface area contributed by atoms with E-state index in [1.54, 1.807) is 6.08 Å². The van der Waals surface area contributed by atoms with E-state index in [1.165, 1.54) is 360 Å². The predicted octanol–water partition coefficient (Wildman–Crippen LogP) is 24.5. The van der Waals surface area contributed by atoms with E-state index in [0.717, 1.165) is 38.5 Å². The maximum Gasteiger partial charge on any atom is 0.305 e. The minimum atomic E-state index is -0.844. The fourth-order valence-corrected chi connectivity index (χ4v) is 12.0. The van der Waals surface area contributed by atoms with Gasteiger partial charge in [-0.15, -0.1) is 0 Å². The van der Waals surface area contributed by atoms with Gasteiger partial charge in [0, 0.05) is 12.8 Å². The summed E-state index contributed by atoms with van der Waals surface area (Å²) in [6.07, 6.45) is 91.3. The first-order chi connectivity index (χ1) is 40.5. The van der Waals surface area contributed by atoms with Gasteiger partial charge in [0.2, 0.25) is 5.91 Å². The highest BCUT2D eigenvalue weighted by Gasteiger charge is 2.18. The Bertz CT molecular complexity index is 1280. The molecular weight excluding hydrogens is 1010 g/mol. The molecule has 1 amide bonds. The summed E-state index contributed by atoms with van der Waals surface area (Å²) in [6, 6.07) is -0.628. The molecule has 0 spiro atoms. The van der Waals surface area contributed by atoms with E-state index < -0.39 is 12.1 Å². The number of ether oxygens (including phenoxy) is 1. The number of hydrogen-bond donors (Lipinski definition) is 3. The summed E-state index contributed by atoms with van der Waals surface area (Å²) in [4.78, 5) is 24.6. The van der Waals surface area contributed by atoms with Gasteiger partial charge in [-0.05, 0) is 57.8 Å². The standard InChI is InChI=1S/C76H147NO5/c1-3-5-7-9-11-13-15-17-19-21-36-40-44-48-52-56-60-64-68-74(79)73(72-78)77-75(80)69-65-61-57-53-49-45-41-37-34-32-30-28-26-24-23-25-27-29-31-33-35-39-43-47-51-55-59-63-67-71-82-76(81)70-66-62-58-54-50-46-42-38-22-20-18-16-14-12-10-8-6-4-2/h23,25,64,68,73-74,78-79H,3-22,24,26-63,65-67,69-72H2,1-2H3,(H,77,80)/b25-23-,68-64+. The minimum Gasteiger partial charge on any atom is -0.466 e. The molecule has 0 rings (SSSR count). The molecule has 82 heavy (non-hydrogen) atoms. The quantitative estimate of drug-likeness (QED) is 0.0320. The monoisotopic (exact) mass is 1150 g/mol. The molecule has 0 aliphatic carbocycles. The molecule has 0 aromatic carbocycles. The summed E-state index contributed by atoms with van der Waals surface area (Å²) in [5.41, 5.74) is 0. The van der Waals surface area contributed by atoms with E-state index in [-0.39, 0.29) is 18.5 Å². The lowest BCUT2D eigenvalue weighted by Gasteiger charge is -2.20. The van der Waals surface area contributed by atoms with Crippen LogP contribution in [0.5, 0.6) is 0 Å². The highest BCUT2D eigenvalue weighted by Crippen LogP contribution is 2.19. The van der Waals surface area contributed by atoms with Crippen molar-refractivity contribution in [1.82, 2.24) is 5.32 Å². The summed E-state index contributed by atoms with van der Waals surface area (Å²) >= 11 is 0. The summed E-state index contributed by atoms with van der Waals surface area (Å²) in [6.45, 7) is 4.95. The van der Waals surface area contributed by atoms with Crippen LogP contribution in [0.1, 0.15) is 425 Å². The fourth-order valence-electron chi connectivity index (χ4n) is 12.0. The van der Waals surface area contributed by atoms with E-state index in [0.29, 0.717) is 19.4 Å². The number of hydrogen-bond acceptors (Lipinski definition) is 5. The molecule has 0 heterocycles. The molecule has 0 radical (unpaired) electrons. The van der Waals surface area contributed by atoms with Crippen LogP contribution in [0.25, 0.3) is 0 Å². The van der Waals surface area contributed by atoms with Gasteiger partial charge in [-0.2, -0.15) is 0 Å². The Morgan fingerprint density at radius 2 is 0.573 bits per heavy atom. The Labute approximate surface area is 513 Å². The number of unbranched alkanes of at least 4 members (excludes halogenated alkanes) is 58. The second-order valence-electron chi connectivity index (χ2n) is 26.0. The van der Waals surface area contributed by atoms with Gasteiger partial charge < -0.3 is 20.3 Å². The number of nitrogens with one attached hydrogen (secondary N) is 1. The molecular formula is C76H147NO5. The number of amides is 1. The van der Waals surface area contributed by atoms with Crippen LogP contribution in [0.15, 0.2) is 24.3 Å². The van der Waals surface area contributed by atoms with Crippen molar-refractivity contribution in [3.63, 3.8) is 0 Å². The number of allylic oxidation sites excluding steroid dienone is 3. The molecule has 0 saturated heterocycles. The van der Waals surface area contributed by atoms with Gasteiger partial charge >= 0.3 is 5.97 Å². The molecule has 0 aliphatic heterocycles. The lowest BCUT2D eigenvalue weighted by atomic mass is 10.0. The zero-order chi connectivity index (χ0) is 59.2. The topological polar surface area (TPSA) is 95.9 Å². The molecule has 2 atom stereocenters. The van der Waals surface area contributed by atoms with Gasteiger partial charge in [0.05, 0.1) is 25.4 Å². The zero-order valence-corrected chi connectivity index (χ0v) is 55.8. The molecule has 0 saturated carbocycles. The van der Waals surface area contributed by atoms with Crippen LogP contribution in [0.3, 0.4) is 0 Å². The van der Waals surface area contributed by atoms with Crippen LogP contribution in [0.2, 0.25) is 0 Å². The molecule has 2 unspecified atom stereocenters. The number of carbonyl (C=O) groups is 2. The van der Waals surface area contributed by atoms with Crippen LogP contribution in [-0.2, 0) is 14.3 Å². The highest BCUT2D eigenvalue weighted by molar-refractivity contribution is 5.76. The molecule has 0 aromatic heterocycles. The number of carbonyl (C=O) groups excluding carboxylic acids is 2. The van der Waals surface area contributed by atoms with Crippen molar-refractivity contribution in [3.05, 3.63) is 24.3 Å². The second-order valence-corrected chi connectivity index (χ2v) is 26.0. The summed E-state index contributed by atoms with van der Waals surface area (Å²) in [5.74, 6) is -0.0419. The molecule has 6 nitrogen and oxygen atoms in total. The normalized spacial score (nSPS) is 12.6. The van der Waals surface area contributed by atoms with Gasteiger partial charge in [0.25, 0.3) is 0 Å². The van der Waals surface area contributed by atoms with E-state index in [9.17, 15) is 19.8 Å².